The lowest BCUT2D eigenvalue weighted by Gasteiger charge is -2.34. The van der Waals surface area contributed by atoms with Gasteiger partial charge in [-0.15, -0.1) is 0 Å². The van der Waals surface area contributed by atoms with Gasteiger partial charge in [-0.2, -0.15) is 48.3 Å². The van der Waals surface area contributed by atoms with E-state index in [4.69, 9.17) is 5.21 Å². The normalized spacial score (nSPS) is 15.6. The van der Waals surface area contributed by atoms with Crippen LogP contribution in [0.2, 0.25) is 0 Å². The molecule has 0 bridgehead atoms. The van der Waals surface area contributed by atoms with Crippen LogP contribution in [0.5, 0.6) is 0 Å². The highest BCUT2D eigenvalue weighted by Crippen LogP contribution is 2.51. The summed E-state index contributed by atoms with van der Waals surface area (Å²) >= 11 is 0. The largest absolute Gasteiger partial charge is 0.733 e. The molecule has 1 rings (SSSR count). The van der Waals surface area contributed by atoms with Crippen molar-refractivity contribution in [3.63, 3.8) is 0 Å². The maximum Gasteiger partial charge on any atom is 0.462 e. The molecule has 0 aliphatic carbocycles. The van der Waals surface area contributed by atoms with Gasteiger partial charge in [0.05, 0.1) is 11.4 Å². The molecule has 0 fully saturated rings. The van der Waals surface area contributed by atoms with E-state index in [1.807, 2.05) is 0 Å². The first kappa shape index (κ1) is 24.6. The van der Waals surface area contributed by atoms with Crippen LogP contribution in [0.4, 0.5) is 59.7 Å². The number of alkyl halides is 11. The van der Waals surface area contributed by atoms with Crippen LogP contribution in [0, 0.1) is 5.21 Å². The van der Waals surface area contributed by atoms with Gasteiger partial charge in [0.2, 0.25) is 0 Å². The molecule has 0 unspecified atom stereocenters. The van der Waals surface area contributed by atoms with Gasteiger partial charge in [-0.3, -0.25) is 14.7 Å². The zero-order valence-electron chi connectivity index (χ0n) is 13.1. The van der Waals surface area contributed by atoms with Crippen LogP contribution in [-0.4, -0.2) is 41.4 Å². The van der Waals surface area contributed by atoms with Gasteiger partial charge in [-0.1, -0.05) is 12.1 Å². The average Bonchev–Trinajstić information content (AvgIpc) is 2.52. The maximum absolute atomic E-state index is 14.0. The van der Waals surface area contributed by atoms with Gasteiger partial charge < -0.3 is 15.8 Å². The molecule has 1 amide bonds. The minimum absolute atomic E-state index is 0.521. The number of anilines is 2. The van der Waals surface area contributed by atoms with Crippen molar-refractivity contribution in [1.82, 2.24) is 0 Å². The topological polar surface area (TPSA) is 84.9 Å². The van der Waals surface area contributed by atoms with E-state index in [0.717, 1.165) is 17.4 Å². The van der Waals surface area contributed by atoms with E-state index in [-0.39, 0.29) is 0 Å². The van der Waals surface area contributed by atoms with Crippen molar-refractivity contribution in [2.45, 2.75) is 30.2 Å². The minimum atomic E-state index is -7.34. The van der Waals surface area contributed by atoms with Crippen molar-refractivity contribution in [3.05, 3.63) is 29.5 Å². The fourth-order valence-electron chi connectivity index (χ4n) is 1.59. The molecule has 0 saturated heterocycles. The second-order valence-corrected chi connectivity index (χ2v) is 5.03. The van der Waals surface area contributed by atoms with E-state index in [9.17, 15) is 58.3 Å². The Bertz CT molecular complexity index is 750. The molecule has 0 saturated carbocycles. The Labute approximate surface area is 152 Å². The van der Waals surface area contributed by atoms with E-state index in [1.54, 1.807) is 0 Å². The number of carbonyl (C=O) groups excluding carboxylic acids is 1. The third kappa shape index (κ3) is 4.61. The van der Waals surface area contributed by atoms with E-state index < -0.39 is 52.7 Å². The molecule has 1 atom stereocenters. The Balaban J connectivity index is 3.38. The second-order valence-electron chi connectivity index (χ2n) is 5.03. The number of nitrogens with zero attached hydrogens (tertiary/aromatic N) is 1. The predicted molar refractivity (Wildman–Crippen MR) is 69.6 cm³/mol. The maximum atomic E-state index is 14.0. The van der Waals surface area contributed by atoms with E-state index in [1.165, 1.54) is 0 Å². The van der Waals surface area contributed by atoms with Crippen LogP contribution in [0.25, 0.3) is 0 Å². The molecule has 6 nitrogen and oxygen atoms in total. The van der Waals surface area contributed by atoms with Crippen LogP contribution in [-0.2, 0) is 9.53 Å². The second kappa shape index (κ2) is 7.45. The first-order chi connectivity index (χ1) is 12.8. The quantitative estimate of drug-likeness (QED) is 0.496. The molecule has 2 N–H and O–H groups in total. The Kier molecular flexibility index (Phi) is 6.33. The monoisotopic (exact) mass is 451 g/mol. The van der Waals surface area contributed by atoms with Crippen LogP contribution in [0.3, 0.4) is 0 Å². The number of rotatable bonds is 6. The molecular formula is C12H6F11N2O4-. The summed E-state index contributed by atoms with van der Waals surface area (Å²) in [5.41, 5.74) is -2.26. The average molecular weight is 451 g/mol. The highest BCUT2D eigenvalue weighted by Gasteiger charge is 2.79. The van der Waals surface area contributed by atoms with Crippen LogP contribution in [0.15, 0.2) is 24.3 Å². The van der Waals surface area contributed by atoms with E-state index in [0.29, 0.717) is 12.1 Å². The molecule has 0 spiro atoms. The Hall–Kier alpha value is -2.40. The zero-order valence-corrected chi connectivity index (χ0v) is 13.1. The minimum Gasteiger partial charge on any atom is -0.733 e. The predicted octanol–water partition coefficient (Wildman–Crippen LogP) is 4.35. The van der Waals surface area contributed by atoms with Gasteiger partial charge in [0, 0.05) is 0 Å². The van der Waals surface area contributed by atoms with Crippen molar-refractivity contribution in [2.24, 2.45) is 0 Å². The van der Waals surface area contributed by atoms with Gasteiger partial charge in [-0.05, 0) is 12.1 Å². The zero-order chi connectivity index (χ0) is 23.1. The lowest BCUT2D eigenvalue weighted by molar-refractivity contribution is -0.472. The molecule has 0 aliphatic rings. The third-order valence-electron chi connectivity index (χ3n) is 3.01. The summed E-state index contributed by atoms with van der Waals surface area (Å²) in [6, 6.07) is 2.95. The van der Waals surface area contributed by atoms with Crippen molar-refractivity contribution >= 4 is 17.3 Å². The van der Waals surface area contributed by atoms with Crippen molar-refractivity contribution in [3.8, 4) is 0 Å². The summed E-state index contributed by atoms with van der Waals surface area (Å²) in [7, 11) is 0. The standard InChI is InChI=1S/C12H6F11N2O4/c13-8(10(16,17)18,29-12(22,23)9(14,15)11(19,20)21)7(26)24-5-3-1-2-4-6(5)25(27)28/h1-4,27H,(H,24,26)/q-1/t8-/m0/s1. The first-order valence-electron chi connectivity index (χ1n) is 6.62. The van der Waals surface area contributed by atoms with Gasteiger partial charge in [0.1, 0.15) is 0 Å². The number of carbonyl (C=O) groups is 1. The van der Waals surface area contributed by atoms with Crippen molar-refractivity contribution in [1.29, 1.82) is 0 Å². The molecule has 0 aliphatic heterocycles. The highest BCUT2D eigenvalue weighted by atomic mass is 19.4. The summed E-state index contributed by atoms with van der Waals surface area (Å²) < 4.78 is 142. The van der Waals surface area contributed by atoms with Crippen molar-refractivity contribution in [2.75, 3.05) is 10.5 Å². The number of nitrogens with one attached hydrogen (secondary N) is 1. The summed E-state index contributed by atoms with van der Waals surface area (Å²) in [5, 5.41) is 19.3. The molecule has 166 valence electrons. The molecule has 1 aromatic carbocycles. The Morgan fingerprint density at radius 2 is 1.41 bits per heavy atom. The summed E-state index contributed by atoms with van der Waals surface area (Å²) in [5.74, 6) is -17.1. The smallest absolute Gasteiger partial charge is 0.462 e. The van der Waals surface area contributed by atoms with Gasteiger partial charge in [0.15, 0.2) is 0 Å². The van der Waals surface area contributed by atoms with E-state index >= 15 is 0 Å². The summed E-state index contributed by atoms with van der Waals surface area (Å²) in [6.07, 6.45) is -21.3. The number of para-hydroxylation sites is 2. The number of amides is 1. The Morgan fingerprint density at radius 1 is 0.931 bits per heavy atom. The number of hydrogen-bond donors (Lipinski definition) is 2. The Morgan fingerprint density at radius 3 is 1.83 bits per heavy atom. The van der Waals surface area contributed by atoms with Crippen LogP contribution in [0.1, 0.15) is 0 Å². The van der Waals surface area contributed by atoms with Gasteiger partial charge in [0.25, 0.3) is 5.91 Å². The highest BCUT2D eigenvalue weighted by molar-refractivity contribution is 5.99. The van der Waals surface area contributed by atoms with Crippen LogP contribution >= 0.6 is 0 Å². The molecular weight excluding hydrogens is 445 g/mol. The fraction of sp³-hybridized carbons (Fsp3) is 0.417. The molecule has 17 heteroatoms. The number of benzene rings is 1. The lowest BCUT2D eigenvalue weighted by atomic mass is 10.2. The SMILES string of the molecule is O=C(Nc1ccccc1N([O-])O)[C@](F)(OC(F)(F)C(F)(F)C(F)(F)F)C(F)(F)F. The number of halogens is 11. The fourth-order valence-corrected chi connectivity index (χ4v) is 1.59. The molecule has 0 radical (unpaired) electrons. The van der Waals surface area contributed by atoms with Crippen molar-refractivity contribution < 1.29 is 63.0 Å². The summed E-state index contributed by atoms with van der Waals surface area (Å²) in [4.78, 5) is 11.5. The van der Waals surface area contributed by atoms with Crippen LogP contribution < -0.4 is 10.5 Å². The number of hydrogen-bond acceptors (Lipinski definition) is 5. The van der Waals surface area contributed by atoms with E-state index in [2.05, 4.69) is 4.74 Å². The molecule has 1 aromatic rings. The van der Waals surface area contributed by atoms with Gasteiger partial charge in [-0.25, -0.2) is 0 Å². The third-order valence-corrected chi connectivity index (χ3v) is 3.01. The lowest BCUT2D eigenvalue weighted by Crippen LogP contribution is -2.62. The molecule has 0 aromatic heterocycles. The van der Waals surface area contributed by atoms with Gasteiger partial charge >= 0.3 is 30.2 Å². The number of ether oxygens (including phenoxy) is 1. The first-order valence-corrected chi connectivity index (χ1v) is 6.62. The molecule has 0 heterocycles. The summed E-state index contributed by atoms with van der Waals surface area (Å²) in [6.45, 7) is 0. The molecule has 29 heavy (non-hydrogen) atoms.